The van der Waals surface area contributed by atoms with Gasteiger partial charge in [-0.25, -0.2) is 4.39 Å². The van der Waals surface area contributed by atoms with E-state index in [4.69, 9.17) is 16.3 Å². The highest BCUT2D eigenvalue weighted by Crippen LogP contribution is 2.40. The van der Waals surface area contributed by atoms with E-state index in [1.807, 2.05) is 14.0 Å². The molecule has 0 aliphatic carbocycles. The van der Waals surface area contributed by atoms with Gasteiger partial charge in [-0.1, -0.05) is 17.7 Å². The van der Waals surface area contributed by atoms with Crippen molar-refractivity contribution >= 4 is 27.5 Å². The molecule has 1 heterocycles. The summed E-state index contributed by atoms with van der Waals surface area (Å²) in [4.78, 5) is 0. The van der Waals surface area contributed by atoms with E-state index < -0.39 is 0 Å². The molecule has 2 unspecified atom stereocenters. The average Bonchev–Trinajstić information content (AvgIpc) is 2.78. The molecule has 0 amide bonds. The summed E-state index contributed by atoms with van der Waals surface area (Å²) in [5, 5.41) is 3.27. The van der Waals surface area contributed by atoms with Crippen LogP contribution in [-0.4, -0.2) is 19.3 Å². The Morgan fingerprint density at radius 1 is 1.56 bits per heavy atom. The van der Waals surface area contributed by atoms with Gasteiger partial charge in [-0.15, -0.1) is 0 Å². The summed E-state index contributed by atoms with van der Waals surface area (Å²) in [6.07, 6.45) is 1.91. The predicted molar refractivity (Wildman–Crippen MR) is 74.5 cm³/mol. The Bertz CT molecular complexity index is 449. The van der Waals surface area contributed by atoms with E-state index >= 15 is 0 Å². The highest BCUT2D eigenvalue weighted by molar-refractivity contribution is 9.10. The summed E-state index contributed by atoms with van der Waals surface area (Å²) < 4.78 is 20.6. The SMILES string of the molecule is CNC(c1ccc(Br)c(Cl)c1F)C1(C)CCCO1. The van der Waals surface area contributed by atoms with Crippen LogP contribution in [0.4, 0.5) is 4.39 Å². The molecule has 1 fully saturated rings. The highest BCUT2D eigenvalue weighted by Gasteiger charge is 2.40. The van der Waals surface area contributed by atoms with Gasteiger partial charge in [0.25, 0.3) is 0 Å². The van der Waals surface area contributed by atoms with Crippen LogP contribution in [0.2, 0.25) is 5.02 Å². The highest BCUT2D eigenvalue weighted by atomic mass is 79.9. The topological polar surface area (TPSA) is 21.3 Å². The molecule has 1 N–H and O–H groups in total. The summed E-state index contributed by atoms with van der Waals surface area (Å²) in [7, 11) is 1.81. The van der Waals surface area contributed by atoms with E-state index in [0.717, 1.165) is 19.4 Å². The maximum atomic E-state index is 14.3. The quantitative estimate of drug-likeness (QED) is 0.840. The Morgan fingerprint density at radius 2 is 2.28 bits per heavy atom. The molecule has 0 radical (unpaired) electrons. The lowest BCUT2D eigenvalue weighted by Crippen LogP contribution is -2.40. The van der Waals surface area contributed by atoms with Crippen molar-refractivity contribution in [2.75, 3.05) is 13.7 Å². The minimum atomic E-state index is -0.387. The number of nitrogens with one attached hydrogen (secondary N) is 1. The summed E-state index contributed by atoms with van der Waals surface area (Å²) in [5.41, 5.74) is 0.169. The molecule has 0 saturated carbocycles. The van der Waals surface area contributed by atoms with Crippen LogP contribution in [0, 0.1) is 5.82 Å². The molecule has 5 heteroatoms. The van der Waals surface area contributed by atoms with E-state index in [2.05, 4.69) is 21.2 Å². The smallest absolute Gasteiger partial charge is 0.147 e. The van der Waals surface area contributed by atoms with Crippen molar-refractivity contribution in [2.45, 2.75) is 31.4 Å². The van der Waals surface area contributed by atoms with Crippen LogP contribution in [0.25, 0.3) is 0 Å². The predicted octanol–water partition coefficient (Wildman–Crippen LogP) is 4.07. The molecule has 1 aliphatic heterocycles. The van der Waals surface area contributed by atoms with E-state index in [1.165, 1.54) is 0 Å². The normalized spacial score (nSPS) is 25.4. The Kier molecular flexibility index (Phi) is 4.32. The summed E-state index contributed by atoms with van der Waals surface area (Å²) in [6, 6.07) is 3.31. The number of likely N-dealkylation sites (N-methyl/N-ethyl adjacent to an activating group) is 1. The van der Waals surface area contributed by atoms with Gasteiger partial charge in [-0.2, -0.15) is 0 Å². The Balaban J connectivity index is 2.42. The zero-order chi connectivity index (χ0) is 13.3. The third kappa shape index (κ3) is 2.44. The van der Waals surface area contributed by atoms with Gasteiger partial charge in [-0.3, -0.25) is 0 Å². The Labute approximate surface area is 120 Å². The van der Waals surface area contributed by atoms with Gasteiger partial charge in [0.15, 0.2) is 0 Å². The van der Waals surface area contributed by atoms with E-state index in [-0.39, 0.29) is 22.5 Å². The van der Waals surface area contributed by atoms with Gasteiger partial charge >= 0.3 is 0 Å². The summed E-state index contributed by atoms with van der Waals surface area (Å²) in [6.45, 7) is 2.73. The van der Waals surface area contributed by atoms with Crippen LogP contribution in [0.3, 0.4) is 0 Å². The Morgan fingerprint density at radius 3 is 2.83 bits per heavy atom. The number of benzene rings is 1. The fourth-order valence-electron chi connectivity index (χ4n) is 2.58. The average molecular weight is 337 g/mol. The summed E-state index contributed by atoms with van der Waals surface area (Å²) >= 11 is 9.17. The van der Waals surface area contributed by atoms with Gasteiger partial charge < -0.3 is 10.1 Å². The molecule has 1 saturated heterocycles. The van der Waals surface area contributed by atoms with Crippen molar-refractivity contribution in [2.24, 2.45) is 0 Å². The third-order valence-corrected chi connectivity index (χ3v) is 4.78. The molecule has 2 rings (SSSR count). The van der Waals surface area contributed by atoms with Crippen molar-refractivity contribution in [3.8, 4) is 0 Å². The van der Waals surface area contributed by atoms with Crippen molar-refractivity contribution in [3.63, 3.8) is 0 Å². The molecule has 1 aromatic carbocycles. The number of hydrogen-bond acceptors (Lipinski definition) is 2. The Hall–Kier alpha value is -0.160. The first kappa shape index (κ1) is 14.3. The molecular formula is C13H16BrClFNO. The van der Waals surface area contributed by atoms with Gasteiger partial charge in [0.05, 0.1) is 16.7 Å². The van der Waals surface area contributed by atoms with Crippen LogP contribution >= 0.6 is 27.5 Å². The first-order valence-corrected chi connectivity index (χ1v) is 7.11. The molecular weight excluding hydrogens is 321 g/mol. The van der Waals surface area contributed by atoms with Crippen molar-refractivity contribution in [1.82, 2.24) is 5.32 Å². The molecule has 0 spiro atoms. The lowest BCUT2D eigenvalue weighted by atomic mass is 9.87. The van der Waals surface area contributed by atoms with Crippen LogP contribution in [0.15, 0.2) is 16.6 Å². The largest absolute Gasteiger partial charge is 0.373 e. The maximum Gasteiger partial charge on any atom is 0.147 e. The minimum Gasteiger partial charge on any atom is -0.373 e. The van der Waals surface area contributed by atoms with Crippen LogP contribution < -0.4 is 5.32 Å². The molecule has 2 atom stereocenters. The molecule has 2 nitrogen and oxygen atoms in total. The van der Waals surface area contributed by atoms with E-state index in [1.54, 1.807) is 12.1 Å². The number of rotatable bonds is 3. The maximum absolute atomic E-state index is 14.3. The number of ether oxygens (including phenoxy) is 1. The summed E-state index contributed by atoms with van der Waals surface area (Å²) in [5.74, 6) is -0.387. The van der Waals surface area contributed by atoms with Crippen LogP contribution in [-0.2, 0) is 4.74 Å². The van der Waals surface area contributed by atoms with Crippen molar-refractivity contribution in [1.29, 1.82) is 0 Å². The monoisotopic (exact) mass is 335 g/mol. The molecule has 0 bridgehead atoms. The second-order valence-electron chi connectivity index (χ2n) is 4.75. The van der Waals surface area contributed by atoms with Gasteiger partial charge in [-0.05, 0) is 48.8 Å². The standard InChI is InChI=1S/C13H16BrClFNO/c1-13(6-3-7-18-13)12(17-2)8-4-5-9(14)10(15)11(8)16/h4-5,12,17H,3,6-7H2,1-2H3. The van der Waals surface area contributed by atoms with Crippen LogP contribution in [0.1, 0.15) is 31.4 Å². The van der Waals surface area contributed by atoms with Gasteiger partial charge in [0, 0.05) is 16.6 Å². The first-order valence-electron chi connectivity index (χ1n) is 5.94. The lowest BCUT2D eigenvalue weighted by molar-refractivity contribution is -0.0113. The third-order valence-electron chi connectivity index (χ3n) is 3.52. The fraction of sp³-hybridized carbons (Fsp3) is 0.538. The van der Waals surface area contributed by atoms with E-state index in [0.29, 0.717) is 10.0 Å². The number of hydrogen-bond donors (Lipinski definition) is 1. The van der Waals surface area contributed by atoms with Gasteiger partial charge in [0.1, 0.15) is 5.82 Å². The minimum absolute atomic E-state index is 0.120. The fourth-order valence-corrected chi connectivity index (χ4v) is 3.06. The molecule has 18 heavy (non-hydrogen) atoms. The van der Waals surface area contributed by atoms with Gasteiger partial charge in [0.2, 0.25) is 0 Å². The molecule has 0 aromatic heterocycles. The molecule has 1 aromatic rings. The zero-order valence-corrected chi connectivity index (χ0v) is 12.7. The zero-order valence-electron chi connectivity index (χ0n) is 10.4. The molecule has 1 aliphatic rings. The first-order chi connectivity index (χ1) is 8.49. The lowest BCUT2D eigenvalue weighted by Gasteiger charge is -2.33. The van der Waals surface area contributed by atoms with E-state index in [9.17, 15) is 4.39 Å². The second kappa shape index (κ2) is 5.45. The van der Waals surface area contributed by atoms with Crippen molar-refractivity contribution < 1.29 is 9.13 Å². The number of halogens is 3. The molecule has 100 valence electrons. The van der Waals surface area contributed by atoms with Crippen molar-refractivity contribution in [3.05, 3.63) is 33.0 Å². The second-order valence-corrected chi connectivity index (χ2v) is 5.98. The van der Waals surface area contributed by atoms with Crippen LogP contribution in [0.5, 0.6) is 0 Å².